The van der Waals surface area contributed by atoms with Gasteiger partial charge in [-0.1, -0.05) is 36.7 Å². The van der Waals surface area contributed by atoms with Gasteiger partial charge in [-0.2, -0.15) is 0 Å². The minimum absolute atomic E-state index is 0.0362. The quantitative estimate of drug-likeness (QED) is 0.529. The minimum Gasteiger partial charge on any atom is -0.356 e. The Bertz CT molecular complexity index is 476. The van der Waals surface area contributed by atoms with Crippen molar-refractivity contribution in [2.24, 2.45) is 4.99 Å². The van der Waals surface area contributed by atoms with Crippen molar-refractivity contribution in [2.75, 3.05) is 26.7 Å². The smallest absolute Gasteiger partial charge is 0.239 e. The predicted octanol–water partition coefficient (Wildman–Crippen LogP) is 1.57. The van der Waals surface area contributed by atoms with Gasteiger partial charge in [0.05, 0.1) is 6.54 Å². The second-order valence-electron chi connectivity index (χ2n) is 4.54. The second kappa shape index (κ2) is 10.0. The molecular formula is C15H23ClN4O. The van der Waals surface area contributed by atoms with E-state index in [-0.39, 0.29) is 12.5 Å². The summed E-state index contributed by atoms with van der Waals surface area (Å²) in [5, 5.41) is 9.69. The van der Waals surface area contributed by atoms with Crippen molar-refractivity contribution in [3.05, 3.63) is 34.9 Å². The lowest BCUT2D eigenvalue weighted by atomic mass is 10.1. The van der Waals surface area contributed by atoms with Crippen molar-refractivity contribution in [3.63, 3.8) is 0 Å². The average Bonchev–Trinajstić information content (AvgIpc) is 2.50. The summed E-state index contributed by atoms with van der Waals surface area (Å²) >= 11 is 6.10. The number of carbonyl (C=O) groups excluding carboxylic acids is 1. The number of rotatable bonds is 7. The zero-order valence-electron chi connectivity index (χ0n) is 12.6. The topological polar surface area (TPSA) is 65.5 Å². The lowest BCUT2D eigenvalue weighted by molar-refractivity contribution is -0.120. The van der Waals surface area contributed by atoms with Crippen LogP contribution in [0.1, 0.15) is 18.9 Å². The van der Waals surface area contributed by atoms with Crippen LogP contribution in [-0.4, -0.2) is 38.5 Å². The summed E-state index contributed by atoms with van der Waals surface area (Å²) in [6, 6.07) is 7.75. The third-order valence-electron chi connectivity index (χ3n) is 2.86. The molecule has 0 radical (unpaired) electrons. The number of halogens is 1. The Morgan fingerprint density at radius 1 is 1.19 bits per heavy atom. The fourth-order valence-electron chi connectivity index (χ4n) is 1.73. The van der Waals surface area contributed by atoms with Gasteiger partial charge in [0.1, 0.15) is 0 Å². The molecule has 0 bridgehead atoms. The molecule has 0 aliphatic heterocycles. The van der Waals surface area contributed by atoms with Crippen molar-refractivity contribution >= 4 is 23.5 Å². The average molecular weight is 311 g/mol. The van der Waals surface area contributed by atoms with Gasteiger partial charge in [0.25, 0.3) is 0 Å². The molecule has 1 amide bonds. The monoisotopic (exact) mass is 310 g/mol. The lowest BCUT2D eigenvalue weighted by Gasteiger charge is -2.12. The number of hydrogen-bond donors (Lipinski definition) is 3. The summed E-state index contributed by atoms with van der Waals surface area (Å²) in [7, 11) is 1.68. The molecular weight excluding hydrogens is 288 g/mol. The number of aliphatic imine (C=N–C) groups is 1. The SMILES string of the molecule is CCCNC(=O)CNC(=NC)NCCc1ccccc1Cl. The molecule has 6 heteroatoms. The first-order valence-corrected chi connectivity index (χ1v) is 7.49. The van der Waals surface area contributed by atoms with Gasteiger partial charge < -0.3 is 16.0 Å². The maximum absolute atomic E-state index is 11.5. The molecule has 1 rings (SSSR count). The van der Waals surface area contributed by atoms with Crippen LogP contribution in [-0.2, 0) is 11.2 Å². The largest absolute Gasteiger partial charge is 0.356 e. The number of carbonyl (C=O) groups is 1. The Morgan fingerprint density at radius 2 is 1.95 bits per heavy atom. The van der Waals surface area contributed by atoms with Crippen LogP contribution >= 0.6 is 11.6 Å². The molecule has 1 aromatic rings. The third-order valence-corrected chi connectivity index (χ3v) is 3.23. The predicted molar refractivity (Wildman–Crippen MR) is 87.8 cm³/mol. The molecule has 0 heterocycles. The highest BCUT2D eigenvalue weighted by molar-refractivity contribution is 6.31. The molecule has 0 aliphatic carbocycles. The number of benzene rings is 1. The van der Waals surface area contributed by atoms with E-state index in [0.29, 0.717) is 19.0 Å². The van der Waals surface area contributed by atoms with Crippen LogP contribution in [0.3, 0.4) is 0 Å². The number of guanidine groups is 1. The van der Waals surface area contributed by atoms with E-state index < -0.39 is 0 Å². The highest BCUT2D eigenvalue weighted by Gasteiger charge is 2.03. The molecule has 1 aromatic carbocycles. The molecule has 5 nitrogen and oxygen atoms in total. The minimum atomic E-state index is -0.0362. The molecule has 0 atom stereocenters. The van der Waals surface area contributed by atoms with E-state index in [1.54, 1.807) is 7.05 Å². The van der Waals surface area contributed by atoms with Gasteiger partial charge in [0, 0.05) is 25.2 Å². The molecule has 116 valence electrons. The van der Waals surface area contributed by atoms with Gasteiger partial charge >= 0.3 is 0 Å². The van der Waals surface area contributed by atoms with E-state index in [1.165, 1.54) is 0 Å². The summed E-state index contributed by atoms with van der Waals surface area (Å²) in [6.07, 6.45) is 1.72. The van der Waals surface area contributed by atoms with Gasteiger partial charge in [-0.15, -0.1) is 0 Å². The molecule has 3 N–H and O–H groups in total. The van der Waals surface area contributed by atoms with Gasteiger partial charge in [0.15, 0.2) is 5.96 Å². The highest BCUT2D eigenvalue weighted by atomic mass is 35.5. The van der Waals surface area contributed by atoms with Gasteiger partial charge in [0.2, 0.25) is 5.91 Å². The van der Waals surface area contributed by atoms with Crippen molar-refractivity contribution in [3.8, 4) is 0 Å². The first-order chi connectivity index (χ1) is 10.2. The highest BCUT2D eigenvalue weighted by Crippen LogP contribution is 2.14. The van der Waals surface area contributed by atoms with E-state index in [9.17, 15) is 4.79 Å². The van der Waals surface area contributed by atoms with Crippen LogP contribution in [0.2, 0.25) is 5.02 Å². The van der Waals surface area contributed by atoms with E-state index >= 15 is 0 Å². The molecule has 0 aliphatic rings. The zero-order chi connectivity index (χ0) is 15.5. The molecule has 0 spiro atoms. The second-order valence-corrected chi connectivity index (χ2v) is 4.95. The maximum Gasteiger partial charge on any atom is 0.239 e. The van der Waals surface area contributed by atoms with Gasteiger partial charge in [-0.25, -0.2) is 0 Å². The summed E-state index contributed by atoms with van der Waals surface area (Å²) in [5.41, 5.74) is 1.09. The third kappa shape index (κ3) is 6.99. The van der Waals surface area contributed by atoms with Crippen molar-refractivity contribution in [1.82, 2.24) is 16.0 Å². The summed E-state index contributed by atoms with van der Waals surface area (Å²) in [4.78, 5) is 15.6. The molecule has 0 saturated carbocycles. The number of amides is 1. The zero-order valence-corrected chi connectivity index (χ0v) is 13.3. The number of hydrogen-bond acceptors (Lipinski definition) is 2. The summed E-state index contributed by atoms with van der Waals surface area (Å²) in [5.74, 6) is 0.569. The van der Waals surface area contributed by atoms with E-state index in [2.05, 4.69) is 20.9 Å². The van der Waals surface area contributed by atoms with Crippen LogP contribution in [0.4, 0.5) is 0 Å². The molecule has 0 fully saturated rings. The Hall–Kier alpha value is -1.75. The Balaban J connectivity index is 2.29. The van der Waals surface area contributed by atoms with Gasteiger partial charge in [-0.05, 0) is 24.5 Å². The van der Waals surface area contributed by atoms with Crippen LogP contribution in [0, 0.1) is 0 Å². The van der Waals surface area contributed by atoms with Crippen molar-refractivity contribution < 1.29 is 4.79 Å². The molecule has 0 saturated heterocycles. The molecule has 21 heavy (non-hydrogen) atoms. The Labute approximate surface area is 131 Å². The number of nitrogens with zero attached hydrogens (tertiary/aromatic N) is 1. The fourth-order valence-corrected chi connectivity index (χ4v) is 1.96. The first-order valence-electron chi connectivity index (χ1n) is 7.12. The fraction of sp³-hybridized carbons (Fsp3) is 0.467. The Kier molecular flexibility index (Phi) is 8.28. The summed E-state index contributed by atoms with van der Waals surface area (Å²) < 4.78 is 0. The standard InChI is InChI=1S/C15H23ClN4O/c1-3-9-18-14(21)11-20-15(17-2)19-10-8-12-6-4-5-7-13(12)16/h4-7H,3,8-11H2,1-2H3,(H,18,21)(H2,17,19,20). The Morgan fingerprint density at radius 3 is 2.62 bits per heavy atom. The van der Waals surface area contributed by atoms with Crippen LogP contribution < -0.4 is 16.0 Å². The van der Waals surface area contributed by atoms with Crippen LogP contribution in [0.5, 0.6) is 0 Å². The molecule has 0 aromatic heterocycles. The van der Waals surface area contributed by atoms with Gasteiger partial charge in [-0.3, -0.25) is 9.79 Å². The van der Waals surface area contributed by atoms with E-state index in [0.717, 1.165) is 23.4 Å². The van der Waals surface area contributed by atoms with E-state index in [4.69, 9.17) is 11.6 Å². The van der Waals surface area contributed by atoms with Crippen LogP contribution in [0.25, 0.3) is 0 Å². The number of nitrogens with one attached hydrogen (secondary N) is 3. The normalized spacial score (nSPS) is 11.1. The molecule has 0 unspecified atom stereocenters. The lowest BCUT2D eigenvalue weighted by Crippen LogP contribution is -2.43. The van der Waals surface area contributed by atoms with Crippen molar-refractivity contribution in [1.29, 1.82) is 0 Å². The van der Waals surface area contributed by atoms with Crippen molar-refractivity contribution in [2.45, 2.75) is 19.8 Å². The van der Waals surface area contributed by atoms with Crippen LogP contribution in [0.15, 0.2) is 29.3 Å². The summed E-state index contributed by atoms with van der Waals surface area (Å²) in [6.45, 7) is 3.62. The van der Waals surface area contributed by atoms with E-state index in [1.807, 2.05) is 31.2 Å². The first kappa shape index (κ1) is 17.3. The maximum atomic E-state index is 11.5.